The fraction of sp³-hybridized carbons (Fsp3) is 0.348. The molecule has 1 aliphatic heterocycles. The van der Waals surface area contributed by atoms with E-state index in [1.165, 1.54) is 11.6 Å². The number of nitro benzene ring substituents is 1. The Morgan fingerprint density at radius 1 is 1.09 bits per heavy atom. The highest BCUT2D eigenvalue weighted by molar-refractivity contribution is 5.96. The fourth-order valence-corrected chi connectivity index (χ4v) is 3.92. The number of hydrogen-bond acceptors (Lipinski definition) is 7. The lowest BCUT2D eigenvalue weighted by atomic mass is 10.0. The van der Waals surface area contributed by atoms with E-state index in [9.17, 15) is 14.9 Å². The van der Waals surface area contributed by atoms with E-state index >= 15 is 0 Å². The zero-order valence-corrected chi connectivity index (χ0v) is 18.3. The van der Waals surface area contributed by atoms with E-state index in [4.69, 9.17) is 4.52 Å². The summed E-state index contributed by atoms with van der Waals surface area (Å²) in [6.45, 7) is 7.97. The van der Waals surface area contributed by atoms with Crippen molar-refractivity contribution in [3.05, 3.63) is 75.2 Å². The number of benzene rings is 2. The number of aryl methyl sites for hydroxylation is 1. The van der Waals surface area contributed by atoms with Gasteiger partial charge < -0.3 is 9.42 Å². The topological polar surface area (TPSA) is 106 Å². The summed E-state index contributed by atoms with van der Waals surface area (Å²) in [5.74, 6) is 0.912. The molecule has 1 aliphatic rings. The Labute approximate surface area is 185 Å². The standard InChI is InChI=1S/C23H25N5O4/c1-15-7-9-18(10-8-15)21-24-22(32-25-21)17(3)26-11-13-27(14-12-26)23(29)19-5-4-6-20(16(19)2)28(30)31/h4-10,17H,11-14H2,1-3H3. The van der Waals surface area contributed by atoms with Crippen molar-refractivity contribution in [2.75, 3.05) is 26.2 Å². The van der Waals surface area contributed by atoms with Crippen LogP contribution in [0, 0.1) is 24.0 Å². The molecule has 0 N–H and O–H groups in total. The van der Waals surface area contributed by atoms with Crippen LogP contribution in [0.1, 0.15) is 40.3 Å². The van der Waals surface area contributed by atoms with Gasteiger partial charge in [0.1, 0.15) is 0 Å². The Bertz CT molecular complexity index is 1130. The van der Waals surface area contributed by atoms with Crippen molar-refractivity contribution in [2.45, 2.75) is 26.8 Å². The van der Waals surface area contributed by atoms with Gasteiger partial charge in [-0.3, -0.25) is 19.8 Å². The lowest BCUT2D eigenvalue weighted by Gasteiger charge is -2.37. The fourth-order valence-electron chi connectivity index (χ4n) is 3.92. The molecule has 4 rings (SSSR count). The van der Waals surface area contributed by atoms with Crippen LogP contribution in [0.25, 0.3) is 11.4 Å². The van der Waals surface area contributed by atoms with Crippen LogP contribution in [0.5, 0.6) is 0 Å². The Hall–Kier alpha value is -3.59. The molecule has 9 heteroatoms. The largest absolute Gasteiger partial charge is 0.337 e. The Kier molecular flexibility index (Phi) is 6.00. The molecule has 166 valence electrons. The van der Waals surface area contributed by atoms with E-state index in [-0.39, 0.29) is 17.6 Å². The first kappa shape index (κ1) is 21.6. The van der Waals surface area contributed by atoms with Crippen molar-refractivity contribution in [3.63, 3.8) is 0 Å². The molecular weight excluding hydrogens is 410 g/mol. The van der Waals surface area contributed by atoms with E-state index in [1.807, 2.05) is 38.1 Å². The van der Waals surface area contributed by atoms with Gasteiger partial charge in [0.25, 0.3) is 11.6 Å². The molecule has 2 aromatic carbocycles. The molecule has 1 atom stereocenters. The number of piperazine rings is 1. The van der Waals surface area contributed by atoms with E-state index < -0.39 is 4.92 Å². The molecule has 1 aromatic heterocycles. The molecular formula is C23H25N5O4. The normalized spacial score (nSPS) is 15.5. The van der Waals surface area contributed by atoms with Crippen LogP contribution in [0.4, 0.5) is 5.69 Å². The number of aromatic nitrogens is 2. The second kappa shape index (κ2) is 8.88. The summed E-state index contributed by atoms with van der Waals surface area (Å²) in [6, 6.07) is 12.5. The molecule has 1 fully saturated rings. The van der Waals surface area contributed by atoms with Crippen LogP contribution < -0.4 is 0 Å². The molecule has 0 saturated carbocycles. The minimum Gasteiger partial charge on any atom is -0.337 e. The molecule has 0 radical (unpaired) electrons. The molecule has 9 nitrogen and oxygen atoms in total. The second-order valence-electron chi connectivity index (χ2n) is 8.03. The van der Waals surface area contributed by atoms with E-state index in [0.717, 1.165) is 5.56 Å². The van der Waals surface area contributed by atoms with Gasteiger partial charge in [-0.15, -0.1) is 0 Å². The van der Waals surface area contributed by atoms with Crippen molar-refractivity contribution in [1.29, 1.82) is 0 Å². The van der Waals surface area contributed by atoms with E-state index in [1.54, 1.807) is 24.0 Å². The highest BCUT2D eigenvalue weighted by Gasteiger charge is 2.29. The molecule has 1 unspecified atom stereocenters. The Balaban J connectivity index is 1.41. The summed E-state index contributed by atoms with van der Waals surface area (Å²) < 4.78 is 5.51. The molecule has 2 heterocycles. The maximum absolute atomic E-state index is 13.0. The van der Waals surface area contributed by atoms with Crippen LogP contribution in [0.3, 0.4) is 0 Å². The SMILES string of the molecule is Cc1ccc(-c2noc(C(C)N3CCN(C(=O)c4cccc([N+](=O)[O-])c4C)CC3)n2)cc1. The quantitative estimate of drug-likeness (QED) is 0.443. The minimum absolute atomic E-state index is 0.0381. The van der Waals surface area contributed by atoms with Crippen molar-refractivity contribution in [2.24, 2.45) is 0 Å². The van der Waals surface area contributed by atoms with Gasteiger partial charge in [0.15, 0.2) is 0 Å². The van der Waals surface area contributed by atoms with Gasteiger partial charge in [-0.1, -0.05) is 41.1 Å². The third kappa shape index (κ3) is 4.24. The van der Waals surface area contributed by atoms with E-state index in [2.05, 4.69) is 15.0 Å². The van der Waals surface area contributed by atoms with Crippen molar-refractivity contribution in [3.8, 4) is 11.4 Å². The minimum atomic E-state index is -0.457. The van der Waals surface area contributed by atoms with Gasteiger partial charge in [-0.25, -0.2) is 0 Å². The van der Waals surface area contributed by atoms with Gasteiger partial charge in [0, 0.05) is 48.9 Å². The average Bonchev–Trinajstić information content (AvgIpc) is 3.29. The first-order valence-electron chi connectivity index (χ1n) is 10.5. The van der Waals surface area contributed by atoms with Gasteiger partial charge in [-0.2, -0.15) is 4.98 Å². The Morgan fingerprint density at radius 3 is 2.44 bits per heavy atom. The number of rotatable bonds is 5. The van der Waals surface area contributed by atoms with Crippen LogP contribution in [0.2, 0.25) is 0 Å². The number of nitrogens with zero attached hydrogens (tertiary/aromatic N) is 5. The zero-order chi connectivity index (χ0) is 22.8. The summed E-state index contributed by atoms with van der Waals surface area (Å²) in [7, 11) is 0. The monoisotopic (exact) mass is 435 g/mol. The number of hydrogen-bond donors (Lipinski definition) is 0. The zero-order valence-electron chi connectivity index (χ0n) is 18.3. The Morgan fingerprint density at radius 2 is 1.78 bits per heavy atom. The van der Waals surface area contributed by atoms with Crippen LogP contribution >= 0.6 is 0 Å². The predicted molar refractivity (Wildman–Crippen MR) is 118 cm³/mol. The number of carbonyl (C=O) groups is 1. The lowest BCUT2D eigenvalue weighted by Crippen LogP contribution is -2.49. The summed E-state index contributed by atoms with van der Waals surface area (Å²) in [5, 5.41) is 15.3. The number of carbonyl (C=O) groups excluding carboxylic acids is 1. The maximum Gasteiger partial charge on any atom is 0.273 e. The third-order valence-corrected chi connectivity index (χ3v) is 5.99. The summed E-state index contributed by atoms with van der Waals surface area (Å²) in [6.07, 6.45) is 0. The van der Waals surface area contributed by atoms with Gasteiger partial charge >= 0.3 is 0 Å². The van der Waals surface area contributed by atoms with Crippen LogP contribution in [0.15, 0.2) is 47.0 Å². The summed E-state index contributed by atoms with van der Waals surface area (Å²) in [4.78, 5) is 32.2. The first-order valence-corrected chi connectivity index (χ1v) is 10.5. The molecule has 1 amide bonds. The molecule has 1 saturated heterocycles. The van der Waals surface area contributed by atoms with Crippen molar-refractivity contribution in [1.82, 2.24) is 19.9 Å². The summed E-state index contributed by atoms with van der Waals surface area (Å²) in [5.41, 5.74) is 2.80. The lowest BCUT2D eigenvalue weighted by molar-refractivity contribution is -0.385. The second-order valence-corrected chi connectivity index (χ2v) is 8.03. The summed E-state index contributed by atoms with van der Waals surface area (Å²) >= 11 is 0. The third-order valence-electron chi connectivity index (χ3n) is 5.99. The number of nitro groups is 1. The molecule has 3 aromatic rings. The first-order chi connectivity index (χ1) is 15.3. The van der Waals surface area contributed by atoms with Gasteiger partial charge in [0.2, 0.25) is 11.7 Å². The maximum atomic E-state index is 13.0. The molecule has 0 aliphatic carbocycles. The predicted octanol–water partition coefficient (Wildman–Crippen LogP) is 3.78. The molecule has 32 heavy (non-hydrogen) atoms. The highest BCUT2D eigenvalue weighted by atomic mass is 16.6. The van der Waals surface area contributed by atoms with Crippen molar-refractivity contribution < 1.29 is 14.2 Å². The van der Waals surface area contributed by atoms with Crippen molar-refractivity contribution >= 4 is 11.6 Å². The smallest absolute Gasteiger partial charge is 0.273 e. The average molecular weight is 435 g/mol. The van der Waals surface area contributed by atoms with Crippen LogP contribution in [-0.2, 0) is 0 Å². The van der Waals surface area contributed by atoms with Gasteiger partial charge in [0.05, 0.1) is 11.0 Å². The van der Waals surface area contributed by atoms with E-state index in [0.29, 0.717) is 49.0 Å². The van der Waals surface area contributed by atoms with Crippen LogP contribution in [-0.4, -0.2) is 56.9 Å². The molecule has 0 bridgehead atoms. The van der Waals surface area contributed by atoms with Gasteiger partial charge in [-0.05, 0) is 26.8 Å². The highest BCUT2D eigenvalue weighted by Crippen LogP contribution is 2.26. The number of amides is 1. The molecule has 0 spiro atoms.